The van der Waals surface area contributed by atoms with Gasteiger partial charge in [0.05, 0.1) is 6.10 Å². The first-order chi connectivity index (χ1) is 11.3. The Bertz CT molecular complexity index is 670. The highest BCUT2D eigenvalue weighted by Gasteiger charge is 2.15. The maximum absolute atomic E-state index is 12.1. The summed E-state index contributed by atoms with van der Waals surface area (Å²) in [4.78, 5) is 12.1. The molecule has 1 atom stereocenters. The summed E-state index contributed by atoms with van der Waals surface area (Å²) in [6.45, 7) is 7.06. The van der Waals surface area contributed by atoms with Crippen LogP contribution < -0.4 is 11.1 Å². The molecule has 0 aliphatic rings. The van der Waals surface area contributed by atoms with Crippen LogP contribution in [0.25, 0.3) is 0 Å². The van der Waals surface area contributed by atoms with Gasteiger partial charge in [-0.2, -0.15) is 0 Å². The fourth-order valence-electron chi connectivity index (χ4n) is 2.41. The van der Waals surface area contributed by atoms with E-state index in [1.807, 2.05) is 36.4 Å². The highest BCUT2D eigenvalue weighted by molar-refractivity contribution is 5.94. The van der Waals surface area contributed by atoms with Gasteiger partial charge in [0.1, 0.15) is 0 Å². The molecule has 24 heavy (non-hydrogen) atoms. The van der Waals surface area contributed by atoms with Gasteiger partial charge in [-0.25, -0.2) is 0 Å². The van der Waals surface area contributed by atoms with Crippen LogP contribution in [0.5, 0.6) is 0 Å². The minimum atomic E-state index is -0.730. The number of aliphatic hydroxyl groups is 1. The van der Waals surface area contributed by atoms with Gasteiger partial charge in [0.15, 0.2) is 0 Å². The number of benzene rings is 2. The lowest BCUT2D eigenvalue weighted by Crippen LogP contribution is -2.28. The van der Waals surface area contributed by atoms with Crippen LogP contribution in [0.15, 0.2) is 48.5 Å². The number of rotatable bonds is 5. The molecule has 2 rings (SSSR count). The molecule has 4 N–H and O–H groups in total. The normalized spacial score (nSPS) is 12.7. The third-order valence-electron chi connectivity index (χ3n) is 4.07. The van der Waals surface area contributed by atoms with Gasteiger partial charge < -0.3 is 16.2 Å². The van der Waals surface area contributed by atoms with Gasteiger partial charge in [0, 0.05) is 18.7 Å². The zero-order valence-electron chi connectivity index (χ0n) is 14.5. The molecule has 0 spiro atoms. The Morgan fingerprint density at radius 1 is 1.08 bits per heavy atom. The van der Waals surface area contributed by atoms with Gasteiger partial charge >= 0.3 is 0 Å². The minimum absolute atomic E-state index is 0.0768. The quantitative estimate of drug-likeness (QED) is 0.791. The predicted octanol–water partition coefficient (Wildman–Crippen LogP) is 2.91. The van der Waals surface area contributed by atoms with Gasteiger partial charge in [-0.3, -0.25) is 4.79 Å². The molecule has 4 nitrogen and oxygen atoms in total. The van der Waals surface area contributed by atoms with Crippen LogP contribution in [-0.2, 0) is 12.0 Å². The fraction of sp³-hybridized carbons (Fsp3) is 0.350. The highest BCUT2D eigenvalue weighted by Crippen LogP contribution is 2.23. The third-order valence-corrected chi connectivity index (χ3v) is 4.07. The molecule has 1 amide bonds. The molecule has 128 valence electrons. The number of nitrogens with two attached hydrogens (primary N) is 1. The molecule has 0 bridgehead atoms. The van der Waals surface area contributed by atoms with Crippen LogP contribution in [0.1, 0.15) is 53.9 Å². The summed E-state index contributed by atoms with van der Waals surface area (Å²) in [5.74, 6) is -0.205. The molecule has 2 aromatic carbocycles. The van der Waals surface area contributed by atoms with Gasteiger partial charge in [-0.15, -0.1) is 0 Å². The summed E-state index contributed by atoms with van der Waals surface area (Å²) in [5, 5.41) is 13.0. The Morgan fingerprint density at radius 2 is 1.67 bits per heavy atom. The third kappa shape index (κ3) is 4.66. The first-order valence-corrected chi connectivity index (χ1v) is 8.17. The smallest absolute Gasteiger partial charge is 0.251 e. The minimum Gasteiger partial charge on any atom is -0.387 e. The van der Waals surface area contributed by atoms with E-state index in [1.54, 1.807) is 12.1 Å². The van der Waals surface area contributed by atoms with Gasteiger partial charge in [-0.1, -0.05) is 57.2 Å². The molecule has 0 saturated carbocycles. The fourth-order valence-corrected chi connectivity index (χ4v) is 2.41. The van der Waals surface area contributed by atoms with Crippen molar-refractivity contribution in [1.82, 2.24) is 5.32 Å². The van der Waals surface area contributed by atoms with Gasteiger partial charge in [-0.05, 0) is 34.2 Å². The lowest BCUT2D eigenvalue weighted by molar-refractivity contribution is 0.0916. The van der Waals surface area contributed by atoms with Crippen molar-refractivity contribution in [3.8, 4) is 0 Å². The standard InChI is InChI=1S/C20H26N2O2/c1-20(2,3)17-10-8-15(9-11-17)18(23)13-22-19(24)16-6-4-14(12-21)5-7-16/h4-11,18,23H,12-13,21H2,1-3H3,(H,22,24). The summed E-state index contributed by atoms with van der Waals surface area (Å²) in [7, 11) is 0. The van der Waals surface area contributed by atoms with Crippen LogP contribution in [0.2, 0.25) is 0 Å². The monoisotopic (exact) mass is 326 g/mol. The molecule has 0 fully saturated rings. The van der Waals surface area contributed by atoms with E-state index in [2.05, 4.69) is 26.1 Å². The second kappa shape index (κ2) is 7.60. The summed E-state index contributed by atoms with van der Waals surface area (Å²) >= 11 is 0. The number of hydrogen-bond acceptors (Lipinski definition) is 3. The molecule has 0 aliphatic carbocycles. The Labute approximate surface area is 143 Å². The van der Waals surface area contributed by atoms with Crippen LogP contribution in [0.3, 0.4) is 0 Å². The molecule has 4 heteroatoms. The molecule has 0 heterocycles. The van der Waals surface area contributed by atoms with E-state index in [-0.39, 0.29) is 17.9 Å². The van der Waals surface area contributed by atoms with E-state index >= 15 is 0 Å². The summed E-state index contributed by atoms with van der Waals surface area (Å²) in [6, 6.07) is 15.0. The van der Waals surface area contributed by atoms with Crippen molar-refractivity contribution >= 4 is 5.91 Å². The maximum atomic E-state index is 12.1. The van der Waals surface area contributed by atoms with Crippen LogP contribution >= 0.6 is 0 Å². The average molecular weight is 326 g/mol. The van der Waals surface area contributed by atoms with Crippen LogP contribution in [0.4, 0.5) is 0 Å². The second-order valence-electron chi connectivity index (χ2n) is 7.00. The number of nitrogens with one attached hydrogen (secondary N) is 1. The molecule has 0 aliphatic heterocycles. The van der Waals surface area contributed by atoms with E-state index in [0.717, 1.165) is 11.1 Å². The largest absolute Gasteiger partial charge is 0.387 e. The van der Waals surface area contributed by atoms with Crippen molar-refractivity contribution in [2.24, 2.45) is 5.73 Å². The van der Waals surface area contributed by atoms with Gasteiger partial charge in [0.25, 0.3) is 5.91 Å². The lowest BCUT2D eigenvalue weighted by atomic mass is 9.86. The van der Waals surface area contributed by atoms with Crippen molar-refractivity contribution < 1.29 is 9.90 Å². The number of carbonyl (C=O) groups excluding carboxylic acids is 1. The average Bonchev–Trinajstić information content (AvgIpc) is 2.58. The van der Waals surface area contributed by atoms with E-state index in [1.165, 1.54) is 5.56 Å². The topological polar surface area (TPSA) is 75.3 Å². The summed E-state index contributed by atoms with van der Waals surface area (Å²) in [5.41, 5.74) is 9.16. The van der Waals surface area contributed by atoms with Gasteiger partial charge in [0.2, 0.25) is 0 Å². The number of aliphatic hydroxyl groups excluding tert-OH is 1. The van der Waals surface area contributed by atoms with Crippen molar-refractivity contribution in [3.05, 3.63) is 70.8 Å². The molecular formula is C20H26N2O2. The molecule has 0 saturated heterocycles. The Morgan fingerprint density at radius 3 is 2.17 bits per heavy atom. The number of hydrogen-bond donors (Lipinski definition) is 3. The van der Waals surface area contributed by atoms with Crippen LogP contribution in [-0.4, -0.2) is 17.6 Å². The summed E-state index contributed by atoms with van der Waals surface area (Å²) in [6.07, 6.45) is -0.730. The van der Waals surface area contributed by atoms with Crippen molar-refractivity contribution in [3.63, 3.8) is 0 Å². The second-order valence-corrected chi connectivity index (χ2v) is 7.00. The number of carbonyl (C=O) groups is 1. The molecule has 1 unspecified atom stereocenters. The van der Waals surface area contributed by atoms with Crippen LogP contribution in [0, 0.1) is 0 Å². The molecule has 0 aromatic heterocycles. The maximum Gasteiger partial charge on any atom is 0.251 e. The Balaban J connectivity index is 1.94. The van der Waals surface area contributed by atoms with E-state index in [9.17, 15) is 9.90 Å². The van der Waals surface area contributed by atoms with Crippen molar-refractivity contribution in [2.75, 3.05) is 6.54 Å². The van der Waals surface area contributed by atoms with E-state index < -0.39 is 6.10 Å². The first-order valence-electron chi connectivity index (χ1n) is 8.17. The van der Waals surface area contributed by atoms with E-state index in [0.29, 0.717) is 12.1 Å². The molecule has 0 radical (unpaired) electrons. The van der Waals surface area contributed by atoms with E-state index in [4.69, 9.17) is 5.73 Å². The molecule has 2 aromatic rings. The predicted molar refractivity (Wildman–Crippen MR) is 96.8 cm³/mol. The van der Waals surface area contributed by atoms with Crippen molar-refractivity contribution in [2.45, 2.75) is 38.8 Å². The molecular weight excluding hydrogens is 300 g/mol. The number of amides is 1. The Kier molecular flexibility index (Phi) is 5.75. The first kappa shape index (κ1) is 18.2. The zero-order chi connectivity index (χ0) is 17.7. The highest BCUT2D eigenvalue weighted by atomic mass is 16.3. The zero-order valence-corrected chi connectivity index (χ0v) is 14.5. The SMILES string of the molecule is CC(C)(C)c1ccc(C(O)CNC(=O)c2ccc(CN)cc2)cc1. The van der Waals surface area contributed by atoms with Crippen molar-refractivity contribution in [1.29, 1.82) is 0 Å². The lowest BCUT2D eigenvalue weighted by Gasteiger charge is -2.20. The summed E-state index contributed by atoms with van der Waals surface area (Å²) < 4.78 is 0. The Hall–Kier alpha value is -2.17.